The van der Waals surface area contributed by atoms with Crippen LogP contribution in [0.5, 0.6) is 0 Å². The van der Waals surface area contributed by atoms with Gasteiger partial charge in [-0.25, -0.2) is 0 Å². The van der Waals surface area contributed by atoms with Crippen molar-refractivity contribution in [1.29, 1.82) is 0 Å². The van der Waals surface area contributed by atoms with Gasteiger partial charge in [-0.05, 0) is 37.5 Å². The quantitative estimate of drug-likeness (QED) is 0.759. The van der Waals surface area contributed by atoms with Crippen LogP contribution >= 0.6 is 0 Å². The maximum Gasteiger partial charge on any atom is 0.0620 e. The Hall–Kier alpha value is -0.0800. The zero-order chi connectivity index (χ0) is 10.5. The highest BCUT2D eigenvalue weighted by molar-refractivity contribution is 4.77. The number of ether oxygens (including phenoxy) is 1. The van der Waals surface area contributed by atoms with Gasteiger partial charge in [0.15, 0.2) is 0 Å². The molecule has 0 radical (unpaired) electrons. The largest absolute Gasteiger partial charge is 0.380 e. The molecule has 0 aromatic heterocycles. The highest BCUT2D eigenvalue weighted by atomic mass is 16.5. The van der Waals surface area contributed by atoms with E-state index in [-0.39, 0.29) is 0 Å². The van der Waals surface area contributed by atoms with Crippen LogP contribution in [0.25, 0.3) is 0 Å². The Kier molecular flexibility index (Phi) is 4.45. The molecule has 2 fully saturated rings. The van der Waals surface area contributed by atoms with Crippen molar-refractivity contribution in [1.82, 2.24) is 0 Å². The molecule has 2 heteroatoms. The summed E-state index contributed by atoms with van der Waals surface area (Å²) in [7, 11) is 0. The maximum absolute atomic E-state index is 6.14. The lowest BCUT2D eigenvalue weighted by Gasteiger charge is -2.19. The van der Waals surface area contributed by atoms with Crippen LogP contribution in [0.15, 0.2) is 0 Å². The summed E-state index contributed by atoms with van der Waals surface area (Å²) in [6, 6.07) is 0.300. The first-order valence-electron chi connectivity index (χ1n) is 6.69. The second-order valence-electron chi connectivity index (χ2n) is 5.40. The summed E-state index contributed by atoms with van der Waals surface area (Å²) in [5.74, 6) is 1.58. The Bertz CT molecular complexity index is 171. The van der Waals surface area contributed by atoms with Gasteiger partial charge in [0.1, 0.15) is 0 Å². The summed E-state index contributed by atoms with van der Waals surface area (Å²) in [5.41, 5.74) is 6.14. The van der Waals surface area contributed by atoms with Crippen LogP contribution in [0, 0.1) is 11.8 Å². The van der Waals surface area contributed by atoms with Gasteiger partial charge in [-0.3, -0.25) is 0 Å². The molecular weight excluding hydrogens is 186 g/mol. The fourth-order valence-electron chi connectivity index (χ4n) is 3.07. The Morgan fingerprint density at radius 3 is 2.27 bits per heavy atom. The molecule has 0 amide bonds. The summed E-state index contributed by atoms with van der Waals surface area (Å²) in [6.45, 7) is 1.75. The van der Waals surface area contributed by atoms with Crippen LogP contribution < -0.4 is 5.73 Å². The predicted molar refractivity (Wildman–Crippen MR) is 62.7 cm³/mol. The lowest BCUT2D eigenvalue weighted by atomic mass is 10.00. The van der Waals surface area contributed by atoms with Crippen molar-refractivity contribution >= 4 is 0 Å². The van der Waals surface area contributed by atoms with Crippen molar-refractivity contribution in [3.05, 3.63) is 0 Å². The summed E-state index contributed by atoms with van der Waals surface area (Å²) in [4.78, 5) is 0. The smallest absolute Gasteiger partial charge is 0.0620 e. The van der Waals surface area contributed by atoms with Gasteiger partial charge in [0, 0.05) is 12.6 Å². The normalized spacial score (nSPS) is 26.2. The van der Waals surface area contributed by atoms with Gasteiger partial charge in [0.2, 0.25) is 0 Å². The highest BCUT2D eigenvalue weighted by Gasteiger charge is 2.22. The Balaban J connectivity index is 1.56. The van der Waals surface area contributed by atoms with E-state index in [2.05, 4.69) is 0 Å². The average molecular weight is 211 g/mol. The molecule has 0 aromatic rings. The van der Waals surface area contributed by atoms with Gasteiger partial charge in [0.25, 0.3) is 0 Å². The molecular formula is C13H25NO. The van der Waals surface area contributed by atoms with Gasteiger partial charge < -0.3 is 10.5 Å². The second-order valence-corrected chi connectivity index (χ2v) is 5.40. The molecule has 2 aliphatic carbocycles. The Morgan fingerprint density at radius 2 is 1.60 bits per heavy atom. The highest BCUT2D eigenvalue weighted by Crippen LogP contribution is 2.28. The Morgan fingerprint density at radius 1 is 1.00 bits per heavy atom. The van der Waals surface area contributed by atoms with E-state index in [0.717, 1.165) is 25.0 Å². The minimum absolute atomic E-state index is 0.300. The monoisotopic (exact) mass is 211 g/mol. The van der Waals surface area contributed by atoms with Crippen molar-refractivity contribution in [2.75, 3.05) is 13.2 Å². The van der Waals surface area contributed by atoms with Crippen molar-refractivity contribution in [3.63, 3.8) is 0 Å². The maximum atomic E-state index is 6.14. The molecule has 2 N–H and O–H groups in total. The van der Waals surface area contributed by atoms with Gasteiger partial charge in [0.05, 0.1) is 6.61 Å². The fourth-order valence-corrected chi connectivity index (χ4v) is 3.07. The standard InChI is InChI=1S/C13H25NO/c14-13(12-7-3-4-8-12)10-15-9-11-5-1-2-6-11/h11-13H,1-10,14H2. The zero-order valence-electron chi connectivity index (χ0n) is 9.79. The van der Waals surface area contributed by atoms with E-state index in [4.69, 9.17) is 10.5 Å². The van der Waals surface area contributed by atoms with Crippen molar-refractivity contribution in [3.8, 4) is 0 Å². The van der Waals surface area contributed by atoms with E-state index < -0.39 is 0 Å². The van der Waals surface area contributed by atoms with Crippen molar-refractivity contribution in [2.45, 2.75) is 57.4 Å². The third-order valence-electron chi connectivity index (χ3n) is 4.14. The number of nitrogens with two attached hydrogens (primary N) is 1. The molecule has 0 saturated heterocycles. The first-order chi connectivity index (χ1) is 7.36. The SMILES string of the molecule is NC(COCC1CCCC1)C1CCCC1. The van der Waals surface area contributed by atoms with Crippen LogP contribution in [0.1, 0.15) is 51.4 Å². The molecule has 1 atom stereocenters. The molecule has 88 valence electrons. The number of hydrogen-bond donors (Lipinski definition) is 1. The van der Waals surface area contributed by atoms with Gasteiger partial charge in [-0.1, -0.05) is 25.7 Å². The molecule has 0 aromatic carbocycles. The van der Waals surface area contributed by atoms with E-state index in [1.54, 1.807) is 0 Å². The number of hydrogen-bond acceptors (Lipinski definition) is 2. The minimum Gasteiger partial charge on any atom is -0.380 e. The van der Waals surface area contributed by atoms with Crippen molar-refractivity contribution in [2.24, 2.45) is 17.6 Å². The first kappa shape index (κ1) is 11.4. The van der Waals surface area contributed by atoms with Crippen LogP contribution in [-0.2, 0) is 4.74 Å². The van der Waals surface area contributed by atoms with E-state index in [1.807, 2.05) is 0 Å². The van der Waals surface area contributed by atoms with E-state index in [0.29, 0.717) is 6.04 Å². The van der Waals surface area contributed by atoms with Gasteiger partial charge in [-0.15, -0.1) is 0 Å². The average Bonchev–Trinajstić information content (AvgIpc) is 2.90. The molecule has 2 aliphatic rings. The molecule has 2 rings (SSSR count). The van der Waals surface area contributed by atoms with Crippen LogP contribution in [0.2, 0.25) is 0 Å². The molecule has 2 nitrogen and oxygen atoms in total. The molecule has 0 heterocycles. The molecule has 0 aliphatic heterocycles. The lowest BCUT2D eigenvalue weighted by Crippen LogP contribution is -2.33. The lowest BCUT2D eigenvalue weighted by molar-refractivity contribution is 0.0789. The summed E-state index contributed by atoms with van der Waals surface area (Å²) in [6.07, 6.45) is 11.0. The Labute approximate surface area is 93.6 Å². The summed E-state index contributed by atoms with van der Waals surface area (Å²) in [5, 5.41) is 0. The molecule has 0 spiro atoms. The van der Waals surface area contributed by atoms with Gasteiger partial charge in [-0.2, -0.15) is 0 Å². The van der Waals surface area contributed by atoms with Crippen molar-refractivity contribution < 1.29 is 4.74 Å². The molecule has 15 heavy (non-hydrogen) atoms. The zero-order valence-corrected chi connectivity index (χ0v) is 9.79. The second kappa shape index (κ2) is 5.86. The third kappa shape index (κ3) is 3.46. The fraction of sp³-hybridized carbons (Fsp3) is 1.00. The third-order valence-corrected chi connectivity index (χ3v) is 4.14. The summed E-state index contributed by atoms with van der Waals surface area (Å²) < 4.78 is 5.77. The molecule has 1 unspecified atom stereocenters. The van der Waals surface area contributed by atoms with Gasteiger partial charge >= 0.3 is 0 Å². The van der Waals surface area contributed by atoms with Crippen LogP contribution in [0.4, 0.5) is 0 Å². The molecule has 2 saturated carbocycles. The minimum atomic E-state index is 0.300. The van der Waals surface area contributed by atoms with E-state index in [9.17, 15) is 0 Å². The van der Waals surface area contributed by atoms with E-state index in [1.165, 1.54) is 51.4 Å². The van der Waals surface area contributed by atoms with E-state index >= 15 is 0 Å². The number of rotatable bonds is 5. The predicted octanol–water partition coefficient (Wildman–Crippen LogP) is 2.71. The van der Waals surface area contributed by atoms with Crippen LogP contribution in [0.3, 0.4) is 0 Å². The van der Waals surface area contributed by atoms with Crippen LogP contribution in [-0.4, -0.2) is 19.3 Å². The molecule has 0 bridgehead atoms. The summed E-state index contributed by atoms with van der Waals surface area (Å²) >= 11 is 0. The topological polar surface area (TPSA) is 35.2 Å². The first-order valence-corrected chi connectivity index (χ1v) is 6.69.